The molecule has 0 N–H and O–H groups in total. The summed E-state index contributed by atoms with van der Waals surface area (Å²) in [6, 6.07) is 0. The predicted molar refractivity (Wildman–Crippen MR) is 77.2 cm³/mol. The number of imidazole rings is 1. The van der Waals surface area contributed by atoms with Crippen molar-refractivity contribution in [2.45, 2.75) is 26.7 Å². The first kappa shape index (κ1) is 13.3. The van der Waals surface area contributed by atoms with E-state index in [1.807, 2.05) is 0 Å². The molecule has 3 heterocycles. The van der Waals surface area contributed by atoms with E-state index in [1.54, 1.807) is 23.3 Å². The minimum Gasteiger partial charge on any atom is -0.341 e. The van der Waals surface area contributed by atoms with Gasteiger partial charge in [-0.1, -0.05) is 13.8 Å². The molecule has 1 aliphatic rings. The number of hydrogen-bond donors (Lipinski definition) is 0. The highest BCUT2D eigenvalue weighted by atomic mass is 35.5. The van der Waals surface area contributed by atoms with E-state index in [2.05, 4.69) is 38.7 Å². The number of aromatic nitrogens is 5. The molecule has 0 bridgehead atoms. The molecule has 1 fully saturated rings. The zero-order chi connectivity index (χ0) is 14.2. The summed E-state index contributed by atoms with van der Waals surface area (Å²) in [6.45, 7) is 6.47. The minimum atomic E-state index is 0.212. The van der Waals surface area contributed by atoms with Crippen molar-refractivity contribution in [2.75, 3.05) is 18.0 Å². The Morgan fingerprint density at radius 3 is 2.45 bits per heavy atom. The van der Waals surface area contributed by atoms with E-state index in [1.165, 1.54) is 0 Å². The second kappa shape index (κ2) is 5.01. The van der Waals surface area contributed by atoms with Gasteiger partial charge in [0.05, 0.1) is 0 Å². The maximum atomic E-state index is 6.02. The van der Waals surface area contributed by atoms with Gasteiger partial charge in [-0.2, -0.15) is 15.0 Å². The molecular weight excluding hydrogens is 276 g/mol. The molecule has 1 saturated heterocycles. The Morgan fingerprint density at radius 2 is 1.80 bits per heavy atom. The molecule has 0 radical (unpaired) electrons. The van der Waals surface area contributed by atoms with Crippen molar-refractivity contribution >= 4 is 17.5 Å². The Kier molecular flexibility index (Phi) is 3.33. The zero-order valence-corrected chi connectivity index (χ0v) is 12.4. The smallest absolute Gasteiger partial charge is 0.241 e. The topological polar surface area (TPSA) is 59.7 Å². The summed E-state index contributed by atoms with van der Waals surface area (Å²) in [6.07, 6.45) is 7.36. The first-order chi connectivity index (χ1) is 9.53. The van der Waals surface area contributed by atoms with Crippen molar-refractivity contribution in [2.24, 2.45) is 5.41 Å². The molecule has 0 amide bonds. The van der Waals surface area contributed by atoms with E-state index < -0.39 is 0 Å². The van der Waals surface area contributed by atoms with Crippen molar-refractivity contribution in [1.82, 2.24) is 24.5 Å². The van der Waals surface area contributed by atoms with Crippen LogP contribution in [0.1, 0.15) is 26.7 Å². The average Bonchev–Trinajstić information content (AvgIpc) is 2.91. The molecule has 3 rings (SSSR count). The molecule has 0 atom stereocenters. The SMILES string of the molecule is CC1(C)CCN(c2nc(Cl)nc(-n3ccnc3)n2)CC1. The fourth-order valence-corrected chi connectivity index (χ4v) is 2.43. The van der Waals surface area contributed by atoms with Crippen LogP contribution in [-0.4, -0.2) is 37.6 Å². The van der Waals surface area contributed by atoms with Gasteiger partial charge >= 0.3 is 0 Å². The molecule has 106 valence electrons. The molecule has 0 saturated carbocycles. The molecule has 2 aromatic rings. The molecule has 0 aromatic carbocycles. The predicted octanol–water partition coefficient (Wildman–Crippen LogP) is 2.34. The molecule has 6 nitrogen and oxygen atoms in total. The van der Waals surface area contributed by atoms with Crippen LogP contribution < -0.4 is 4.90 Å². The van der Waals surface area contributed by atoms with Crippen LogP contribution >= 0.6 is 11.6 Å². The zero-order valence-electron chi connectivity index (χ0n) is 11.6. The Hall–Kier alpha value is -1.69. The van der Waals surface area contributed by atoms with Crippen molar-refractivity contribution in [3.8, 4) is 5.95 Å². The lowest BCUT2D eigenvalue weighted by molar-refractivity contribution is 0.278. The monoisotopic (exact) mass is 292 g/mol. The van der Waals surface area contributed by atoms with Crippen LogP contribution in [0.5, 0.6) is 0 Å². The molecule has 2 aromatic heterocycles. The molecule has 0 spiro atoms. The summed E-state index contributed by atoms with van der Waals surface area (Å²) >= 11 is 6.02. The van der Waals surface area contributed by atoms with Crippen LogP contribution in [0, 0.1) is 5.41 Å². The van der Waals surface area contributed by atoms with Gasteiger partial charge in [-0.05, 0) is 29.9 Å². The van der Waals surface area contributed by atoms with Crippen LogP contribution in [0.4, 0.5) is 5.95 Å². The van der Waals surface area contributed by atoms with Gasteiger partial charge < -0.3 is 4.90 Å². The van der Waals surface area contributed by atoms with Gasteiger partial charge in [-0.15, -0.1) is 0 Å². The summed E-state index contributed by atoms with van der Waals surface area (Å²) in [5.41, 5.74) is 0.389. The number of anilines is 1. The molecule has 1 aliphatic heterocycles. The lowest BCUT2D eigenvalue weighted by Gasteiger charge is -2.36. The highest BCUT2D eigenvalue weighted by Crippen LogP contribution is 2.31. The normalized spacial score (nSPS) is 18.2. The van der Waals surface area contributed by atoms with E-state index >= 15 is 0 Å². The van der Waals surface area contributed by atoms with E-state index in [4.69, 9.17) is 11.6 Å². The summed E-state index contributed by atoms with van der Waals surface area (Å²) in [5.74, 6) is 1.14. The van der Waals surface area contributed by atoms with Gasteiger partial charge in [-0.25, -0.2) is 4.98 Å². The van der Waals surface area contributed by atoms with Gasteiger partial charge in [0.1, 0.15) is 6.33 Å². The van der Waals surface area contributed by atoms with Crippen molar-refractivity contribution < 1.29 is 0 Å². The van der Waals surface area contributed by atoms with Gasteiger partial charge in [0.25, 0.3) is 0 Å². The lowest BCUT2D eigenvalue weighted by atomic mass is 9.83. The third-order valence-electron chi connectivity index (χ3n) is 3.72. The van der Waals surface area contributed by atoms with Crippen molar-refractivity contribution in [3.63, 3.8) is 0 Å². The van der Waals surface area contributed by atoms with Gasteiger partial charge in [0, 0.05) is 25.5 Å². The van der Waals surface area contributed by atoms with Gasteiger partial charge in [0.2, 0.25) is 17.2 Å². The third kappa shape index (κ3) is 2.75. The maximum Gasteiger partial charge on any atom is 0.241 e. The van der Waals surface area contributed by atoms with Gasteiger partial charge in [-0.3, -0.25) is 4.57 Å². The summed E-state index contributed by atoms with van der Waals surface area (Å²) in [5, 5.41) is 0.212. The quantitative estimate of drug-likeness (QED) is 0.850. The maximum absolute atomic E-state index is 6.02. The molecule has 0 unspecified atom stereocenters. The highest BCUT2D eigenvalue weighted by molar-refractivity contribution is 6.28. The first-order valence-electron chi connectivity index (χ1n) is 6.68. The fraction of sp³-hybridized carbons (Fsp3) is 0.538. The van der Waals surface area contributed by atoms with E-state index in [9.17, 15) is 0 Å². The van der Waals surface area contributed by atoms with Crippen LogP contribution in [-0.2, 0) is 0 Å². The second-order valence-electron chi connectivity index (χ2n) is 5.83. The third-order valence-corrected chi connectivity index (χ3v) is 3.89. The summed E-state index contributed by atoms with van der Waals surface area (Å²) in [7, 11) is 0. The minimum absolute atomic E-state index is 0.212. The summed E-state index contributed by atoms with van der Waals surface area (Å²) < 4.78 is 1.73. The highest BCUT2D eigenvalue weighted by Gasteiger charge is 2.27. The number of rotatable bonds is 2. The Labute approximate surface area is 122 Å². The van der Waals surface area contributed by atoms with Crippen LogP contribution in [0.2, 0.25) is 5.28 Å². The molecule has 7 heteroatoms. The van der Waals surface area contributed by atoms with Crippen LogP contribution in [0.3, 0.4) is 0 Å². The van der Waals surface area contributed by atoms with Gasteiger partial charge in [0.15, 0.2) is 0 Å². The largest absolute Gasteiger partial charge is 0.341 e. The molecule has 20 heavy (non-hydrogen) atoms. The van der Waals surface area contributed by atoms with Crippen LogP contribution in [0.25, 0.3) is 5.95 Å². The number of hydrogen-bond acceptors (Lipinski definition) is 5. The first-order valence-corrected chi connectivity index (χ1v) is 7.06. The lowest BCUT2D eigenvalue weighted by Crippen LogP contribution is -2.38. The van der Waals surface area contributed by atoms with Crippen LogP contribution in [0.15, 0.2) is 18.7 Å². The Balaban J connectivity index is 1.87. The number of halogens is 1. The Morgan fingerprint density at radius 1 is 1.10 bits per heavy atom. The molecular formula is C13H17ClN6. The molecule has 0 aliphatic carbocycles. The van der Waals surface area contributed by atoms with E-state index in [0.717, 1.165) is 25.9 Å². The number of piperidine rings is 1. The van der Waals surface area contributed by atoms with E-state index in [-0.39, 0.29) is 5.28 Å². The summed E-state index contributed by atoms with van der Waals surface area (Å²) in [4.78, 5) is 19.0. The average molecular weight is 293 g/mol. The second-order valence-corrected chi connectivity index (χ2v) is 6.16. The fourth-order valence-electron chi connectivity index (χ4n) is 2.28. The number of nitrogens with zero attached hydrogens (tertiary/aromatic N) is 6. The van der Waals surface area contributed by atoms with E-state index in [0.29, 0.717) is 17.3 Å². The van der Waals surface area contributed by atoms with Crippen molar-refractivity contribution in [3.05, 3.63) is 24.0 Å². The standard InChI is InChI=1S/C13H17ClN6/c1-13(2)3-6-19(7-4-13)11-16-10(14)17-12(18-11)20-8-5-15-9-20/h5,8-9H,3-4,6-7H2,1-2H3. The Bertz CT molecular complexity index is 585. The van der Waals surface area contributed by atoms with Crippen molar-refractivity contribution in [1.29, 1.82) is 0 Å².